The van der Waals surface area contributed by atoms with Crippen LogP contribution >= 0.6 is 0 Å². The van der Waals surface area contributed by atoms with Gasteiger partial charge in [-0.3, -0.25) is 4.98 Å². The van der Waals surface area contributed by atoms with Gasteiger partial charge >= 0.3 is 0 Å². The molecule has 1 radical (unpaired) electrons. The van der Waals surface area contributed by atoms with E-state index in [1.54, 1.807) is 12.4 Å². The molecule has 37 valence electrons. The maximum Gasteiger partial charge on any atom is 0.0267 e. The van der Waals surface area contributed by atoms with Gasteiger partial charge in [0.25, 0.3) is 0 Å². The van der Waals surface area contributed by atoms with Crippen molar-refractivity contribution in [1.29, 1.82) is 0 Å². The molecule has 0 unspecified atom stereocenters. The summed E-state index contributed by atoms with van der Waals surface area (Å²) >= 11 is 0. The first-order chi connectivity index (χ1) is 3.00. The van der Waals surface area contributed by atoms with Gasteiger partial charge in [-0.05, 0) is 12.1 Å². The zero-order valence-electron chi connectivity index (χ0n) is 3.71. The molecule has 1 heterocycles. The average Bonchev–Trinajstić information content (AvgIpc) is 1.72. The van der Waals surface area contributed by atoms with Crippen LogP contribution in [-0.2, 0) is 0 Å². The van der Waals surface area contributed by atoms with Crippen molar-refractivity contribution >= 4 is 0 Å². The van der Waals surface area contributed by atoms with Gasteiger partial charge in [0.2, 0.25) is 0 Å². The monoisotopic (exact) mass is 320 g/mol. The van der Waals surface area contributed by atoms with Crippen molar-refractivity contribution in [2.45, 2.75) is 0 Å². The van der Waals surface area contributed by atoms with E-state index in [0.717, 1.165) is 0 Å². The molecule has 7 heavy (non-hydrogen) atoms. The van der Waals surface area contributed by atoms with Gasteiger partial charge in [-0.2, -0.15) is 0 Å². The summed E-state index contributed by atoms with van der Waals surface area (Å²) in [6.07, 6.45) is 3.50. The van der Waals surface area contributed by atoms with Crippen LogP contribution in [0.4, 0.5) is 0 Å². The molecule has 0 spiro atoms. The van der Waals surface area contributed by atoms with E-state index in [2.05, 4.69) is 4.98 Å². The molecule has 1 rings (SSSR count). The Balaban J connectivity index is 0.000000360. The van der Waals surface area contributed by atoms with Crippen molar-refractivity contribution in [3.05, 3.63) is 30.6 Å². The topological polar surface area (TPSA) is 12.9 Å². The summed E-state index contributed by atoms with van der Waals surface area (Å²) in [5, 5.41) is 0. The predicted octanol–water partition coefficient (Wildman–Crippen LogP) is 1.08. The standard InChI is InChI=1S/C5H5N.Am/c1-2-4-6-5-3-1;/h1-5H;. The van der Waals surface area contributed by atoms with Crippen molar-refractivity contribution in [2.75, 3.05) is 0 Å². The van der Waals surface area contributed by atoms with Gasteiger partial charge in [0.1, 0.15) is 0 Å². The van der Waals surface area contributed by atoms with Crippen LogP contribution in [0.1, 0.15) is 0 Å². The van der Waals surface area contributed by atoms with Crippen LogP contribution in [0.5, 0.6) is 0 Å². The van der Waals surface area contributed by atoms with Crippen LogP contribution in [0.2, 0.25) is 0 Å². The van der Waals surface area contributed by atoms with E-state index in [9.17, 15) is 0 Å². The van der Waals surface area contributed by atoms with E-state index in [-0.39, 0.29) is 14.3 Å². The number of rotatable bonds is 0. The van der Waals surface area contributed by atoms with Gasteiger partial charge in [0, 0.05) is 26.7 Å². The van der Waals surface area contributed by atoms with Crippen LogP contribution in [0, 0.1) is 14.3 Å². The Kier molecular flexibility index (Phi) is 3.48. The van der Waals surface area contributed by atoms with Crippen LogP contribution < -0.4 is 0 Å². The second kappa shape index (κ2) is 3.72. The molecule has 1 aromatic rings. The Bertz CT molecular complexity index is 80.0. The van der Waals surface area contributed by atoms with Crippen molar-refractivity contribution < 1.29 is 14.3 Å². The molecule has 0 fully saturated rings. The Hall–Kier alpha value is -0.460. The fraction of sp³-hybridized carbons (Fsp3) is 0. The molecule has 0 aliphatic carbocycles. The minimum atomic E-state index is 0. The molecule has 0 aliphatic rings. The summed E-state index contributed by atoms with van der Waals surface area (Å²) in [4.78, 5) is 3.78. The summed E-state index contributed by atoms with van der Waals surface area (Å²) < 4.78 is 0. The average molecular weight is 322 g/mol. The smallest absolute Gasteiger partial charge is 0.0267 e. The van der Waals surface area contributed by atoms with Crippen LogP contribution in [0.3, 0.4) is 0 Å². The molecule has 0 amide bonds. The van der Waals surface area contributed by atoms with E-state index in [0.29, 0.717) is 0 Å². The minimum absolute atomic E-state index is 0. The maximum atomic E-state index is 3.78. The molecule has 1 aromatic heterocycles. The molecule has 0 saturated heterocycles. The second-order valence-corrected chi connectivity index (χ2v) is 1.02. The minimum Gasteiger partial charge on any atom is -0.265 e. The summed E-state index contributed by atoms with van der Waals surface area (Å²) in [6.45, 7) is 0. The molecule has 0 bridgehead atoms. The summed E-state index contributed by atoms with van der Waals surface area (Å²) in [7, 11) is 0. The Morgan fingerprint density at radius 2 is 1.43 bits per heavy atom. The largest absolute Gasteiger partial charge is 0.265 e. The van der Waals surface area contributed by atoms with E-state index >= 15 is 0 Å². The third-order valence-corrected chi connectivity index (χ3v) is 0.566. The van der Waals surface area contributed by atoms with Gasteiger partial charge in [-0.15, -0.1) is 0 Å². The van der Waals surface area contributed by atoms with Crippen molar-refractivity contribution in [3.63, 3.8) is 0 Å². The van der Waals surface area contributed by atoms with Crippen LogP contribution in [0.25, 0.3) is 0 Å². The Labute approximate surface area is 50.6 Å². The van der Waals surface area contributed by atoms with E-state index in [4.69, 9.17) is 0 Å². The van der Waals surface area contributed by atoms with Gasteiger partial charge in [0.05, 0.1) is 0 Å². The summed E-state index contributed by atoms with van der Waals surface area (Å²) in [6, 6.07) is 5.72. The van der Waals surface area contributed by atoms with Crippen molar-refractivity contribution in [3.8, 4) is 0 Å². The van der Waals surface area contributed by atoms with E-state index < -0.39 is 0 Å². The third kappa shape index (κ3) is 2.26. The van der Waals surface area contributed by atoms with Gasteiger partial charge in [-0.1, -0.05) is 6.07 Å². The Morgan fingerprint density at radius 1 is 0.857 bits per heavy atom. The fourth-order valence-corrected chi connectivity index (χ4v) is 0.313. The molecule has 0 saturated carbocycles. The number of hydrogen-bond acceptors (Lipinski definition) is 1. The predicted molar refractivity (Wildman–Crippen MR) is 24.2 cm³/mol. The Morgan fingerprint density at radius 3 is 1.57 bits per heavy atom. The molecule has 2 heteroatoms. The first-order valence-electron chi connectivity index (χ1n) is 1.85. The number of pyridine rings is 1. The normalized spacial score (nSPS) is 6.86. The molecular formula is C5H5AmN. The molecule has 0 aromatic carbocycles. The van der Waals surface area contributed by atoms with E-state index in [1.807, 2.05) is 18.2 Å². The van der Waals surface area contributed by atoms with Crippen molar-refractivity contribution in [2.24, 2.45) is 0 Å². The van der Waals surface area contributed by atoms with Crippen LogP contribution in [-0.4, -0.2) is 4.98 Å². The van der Waals surface area contributed by atoms with Gasteiger partial charge in [0.15, 0.2) is 0 Å². The molecule has 0 aliphatic heterocycles. The maximum absolute atomic E-state index is 3.78. The van der Waals surface area contributed by atoms with Crippen LogP contribution in [0.15, 0.2) is 30.6 Å². The fourth-order valence-electron chi connectivity index (χ4n) is 0.313. The SMILES string of the molecule is [Am].c1ccncc1. The first-order valence-corrected chi connectivity index (χ1v) is 1.85. The third-order valence-electron chi connectivity index (χ3n) is 0.566. The van der Waals surface area contributed by atoms with Gasteiger partial charge < -0.3 is 0 Å². The molecular weight excluding hydrogens is 317 g/mol. The van der Waals surface area contributed by atoms with E-state index in [1.165, 1.54) is 0 Å². The number of nitrogens with zero attached hydrogens (tertiary/aromatic N) is 1. The zero-order chi connectivity index (χ0) is 4.24. The zero-order valence-corrected chi connectivity index (χ0v) is 6.86. The molecule has 0 N–H and O–H groups in total. The quantitative estimate of drug-likeness (QED) is 0.697. The van der Waals surface area contributed by atoms with Gasteiger partial charge in [-0.25, -0.2) is 0 Å². The number of aromatic nitrogens is 1. The van der Waals surface area contributed by atoms with Crippen molar-refractivity contribution in [1.82, 2.24) is 4.98 Å². The molecule has 0 atom stereocenters. The molecule has 1 nitrogen and oxygen atoms in total. The first kappa shape index (κ1) is 6.54. The summed E-state index contributed by atoms with van der Waals surface area (Å²) in [5.41, 5.74) is 0. The summed E-state index contributed by atoms with van der Waals surface area (Å²) in [5.74, 6) is 0. The number of hydrogen-bond donors (Lipinski definition) is 0. The second-order valence-electron chi connectivity index (χ2n) is 1.02.